The van der Waals surface area contributed by atoms with Gasteiger partial charge in [0.2, 0.25) is 5.91 Å². The van der Waals surface area contributed by atoms with Crippen LogP contribution in [-0.2, 0) is 14.4 Å². The molecule has 1 aromatic carbocycles. The molecule has 1 fully saturated rings. The van der Waals surface area contributed by atoms with Crippen LogP contribution in [0.25, 0.3) is 0 Å². The van der Waals surface area contributed by atoms with E-state index < -0.39 is 17.4 Å². The molecular formula is C20H24N2O3. The van der Waals surface area contributed by atoms with Gasteiger partial charge in [-0.15, -0.1) is 0 Å². The van der Waals surface area contributed by atoms with E-state index in [-0.39, 0.29) is 30.3 Å². The Bertz CT molecular complexity index is 764. The van der Waals surface area contributed by atoms with E-state index in [0.29, 0.717) is 0 Å². The van der Waals surface area contributed by atoms with Gasteiger partial charge in [-0.25, -0.2) is 0 Å². The topological polar surface area (TPSA) is 87.0 Å². The number of amides is 1. The Labute approximate surface area is 148 Å². The number of ketones is 2. The van der Waals surface area contributed by atoms with Gasteiger partial charge in [0.1, 0.15) is 17.2 Å². The molecule has 1 saturated carbocycles. The molecule has 0 aliphatic heterocycles. The van der Waals surface area contributed by atoms with E-state index in [9.17, 15) is 14.4 Å². The third kappa shape index (κ3) is 3.96. The van der Waals surface area contributed by atoms with E-state index in [1.807, 2.05) is 39.0 Å². The first kappa shape index (κ1) is 18.9. The lowest BCUT2D eigenvalue weighted by atomic mass is 9.86. The van der Waals surface area contributed by atoms with Crippen LogP contribution in [0, 0.1) is 38.0 Å². The van der Waals surface area contributed by atoms with Gasteiger partial charge in [0.05, 0.1) is 6.07 Å². The molecular weight excluding hydrogens is 316 g/mol. The molecule has 5 nitrogen and oxygen atoms in total. The predicted octanol–water partition coefficient (Wildman–Crippen LogP) is 2.66. The Morgan fingerprint density at radius 1 is 1.24 bits per heavy atom. The Hall–Kier alpha value is -2.48. The summed E-state index contributed by atoms with van der Waals surface area (Å²) in [5, 5.41) is 11.6. The van der Waals surface area contributed by atoms with Gasteiger partial charge < -0.3 is 5.32 Å². The lowest BCUT2D eigenvalue weighted by Crippen LogP contribution is -2.43. The van der Waals surface area contributed by atoms with E-state index in [1.165, 1.54) is 0 Å². The van der Waals surface area contributed by atoms with Crippen LogP contribution in [0.1, 0.15) is 54.9 Å². The summed E-state index contributed by atoms with van der Waals surface area (Å²) in [6.45, 7) is 8.98. The zero-order chi connectivity index (χ0) is 18.9. The molecule has 1 N–H and O–H groups in total. The van der Waals surface area contributed by atoms with Crippen molar-refractivity contribution in [1.29, 1.82) is 5.26 Å². The van der Waals surface area contributed by atoms with Crippen LogP contribution < -0.4 is 5.32 Å². The monoisotopic (exact) mass is 340 g/mol. The van der Waals surface area contributed by atoms with Crippen molar-refractivity contribution in [3.8, 4) is 6.07 Å². The Kier molecular flexibility index (Phi) is 5.12. The molecule has 0 heterocycles. The molecule has 0 bridgehead atoms. The maximum absolute atomic E-state index is 12.8. The molecule has 5 heteroatoms. The van der Waals surface area contributed by atoms with Crippen molar-refractivity contribution in [1.82, 2.24) is 5.32 Å². The first-order chi connectivity index (χ1) is 11.6. The summed E-state index contributed by atoms with van der Waals surface area (Å²) in [6.07, 6.45) is 0.0206. The second kappa shape index (κ2) is 6.79. The minimum Gasteiger partial charge on any atom is -0.338 e. The van der Waals surface area contributed by atoms with Crippen LogP contribution in [-0.4, -0.2) is 23.0 Å². The third-order valence-electron chi connectivity index (χ3n) is 4.65. The van der Waals surface area contributed by atoms with Gasteiger partial charge >= 0.3 is 0 Å². The number of hydrogen-bond donors (Lipinski definition) is 1. The Morgan fingerprint density at radius 3 is 2.32 bits per heavy atom. The minimum absolute atomic E-state index is 0.0594. The number of rotatable bonds is 4. The van der Waals surface area contributed by atoms with Crippen molar-refractivity contribution in [2.75, 3.05) is 0 Å². The summed E-state index contributed by atoms with van der Waals surface area (Å²) in [6, 6.07) is 5.93. The van der Waals surface area contributed by atoms with E-state index in [0.717, 1.165) is 22.3 Å². The van der Waals surface area contributed by atoms with Crippen LogP contribution in [0.3, 0.4) is 0 Å². The molecule has 1 aliphatic carbocycles. The molecule has 2 atom stereocenters. The second-order valence-corrected chi connectivity index (χ2v) is 7.50. The number of hydrogen-bond acceptors (Lipinski definition) is 4. The van der Waals surface area contributed by atoms with Gasteiger partial charge in [0.25, 0.3) is 0 Å². The van der Waals surface area contributed by atoms with Crippen LogP contribution in [0.5, 0.6) is 0 Å². The Morgan fingerprint density at radius 2 is 1.80 bits per heavy atom. The standard InChI is InChI=1S/C20H24N2O3/c1-11-6-12(2)17(13(3)7-11)18-15(23)8-14(19(18)25)9-16(24)22-20(4,5)10-21/h6-7,14,18H,8-9H2,1-5H3,(H,22,24). The fraction of sp³-hybridized carbons (Fsp3) is 0.500. The SMILES string of the molecule is Cc1cc(C)c(C2C(=O)CC(CC(=O)NC(C)(C)C#N)C2=O)c(C)c1. The van der Waals surface area contributed by atoms with Crippen LogP contribution in [0.2, 0.25) is 0 Å². The number of nitrogens with zero attached hydrogens (tertiary/aromatic N) is 1. The number of carbonyl (C=O) groups is 3. The van der Waals surface area contributed by atoms with Crippen molar-refractivity contribution in [3.63, 3.8) is 0 Å². The maximum atomic E-state index is 12.8. The van der Waals surface area contributed by atoms with Gasteiger partial charge in [-0.05, 0) is 51.3 Å². The smallest absolute Gasteiger partial charge is 0.221 e. The van der Waals surface area contributed by atoms with Gasteiger partial charge in [0, 0.05) is 18.8 Å². The number of nitriles is 1. The van der Waals surface area contributed by atoms with Crippen LogP contribution >= 0.6 is 0 Å². The molecule has 2 rings (SSSR count). The molecule has 0 aromatic heterocycles. The highest BCUT2D eigenvalue weighted by Crippen LogP contribution is 2.37. The van der Waals surface area contributed by atoms with Gasteiger partial charge in [0.15, 0.2) is 5.78 Å². The first-order valence-electron chi connectivity index (χ1n) is 8.42. The highest BCUT2D eigenvalue weighted by Gasteiger charge is 2.44. The lowest BCUT2D eigenvalue weighted by molar-refractivity contribution is -0.129. The summed E-state index contributed by atoms with van der Waals surface area (Å²) >= 11 is 0. The largest absolute Gasteiger partial charge is 0.338 e. The summed E-state index contributed by atoms with van der Waals surface area (Å²) in [7, 11) is 0. The zero-order valence-corrected chi connectivity index (χ0v) is 15.4. The van der Waals surface area contributed by atoms with Gasteiger partial charge in [-0.3, -0.25) is 14.4 Å². The number of carbonyl (C=O) groups excluding carboxylic acids is 3. The molecule has 1 aromatic rings. The van der Waals surface area contributed by atoms with Crippen molar-refractivity contribution in [2.45, 2.75) is 58.9 Å². The predicted molar refractivity (Wildman–Crippen MR) is 94.0 cm³/mol. The Balaban J connectivity index is 2.21. The number of nitrogens with one attached hydrogen (secondary N) is 1. The van der Waals surface area contributed by atoms with E-state index in [4.69, 9.17) is 5.26 Å². The first-order valence-corrected chi connectivity index (χ1v) is 8.42. The number of aryl methyl sites for hydroxylation is 3. The summed E-state index contributed by atoms with van der Waals surface area (Å²) in [5.74, 6) is -2.09. The molecule has 0 saturated heterocycles. The highest BCUT2D eigenvalue weighted by atomic mass is 16.2. The number of Topliss-reactive ketones (excluding diaryl/α,β-unsaturated/α-hetero) is 2. The molecule has 25 heavy (non-hydrogen) atoms. The molecule has 2 unspecified atom stereocenters. The molecule has 1 aliphatic rings. The molecule has 0 spiro atoms. The average Bonchev–Trinajstić information content (AvgIpc) is 2.73. The fourth-order valence-corrected chi connectivity index (χ4v) is 3.63. The van der Waals surface area contributed by atoms with Crippen LogP contribution in [0.15, 0.2) is 12.1 Å². The van der Waals surface area contributed by atoms with E-state index in [2.05, 4.69) is 5.32 Å². The second-order valence-electron chi connectivity index (χ2n) is 7.50. The van der Waals surface area contributed by atoms with E-state index >= 15 is 0 Å². The molecule has 1 amide bonds. The highest BCUT2D eigenvalue weighted by molar-refractivity contribution is 6.15. The van der Waals surface area contributed by atoms with Crippen LogP contribution in [0.4, 0.5) is 0 Å². The summed E-state index contributed by atoms with van der Waals surface area (Å²) in [4.78, 5) is 37.4. The minimum atomic E-state index is -0.994. The van der Waals surface area contributed by atoms with Crippen molar-refractivity contribution >= 4 is 17.5 Å². The van der Waals surface area contributed by atoms with E-state index in [1.54, 1.807) is 13.8 Å². The average molecular weight is 340 g/mol. The molecule has 0 radical (unpaired) electrons. The van der Waals surface area contributed by atoms with Crippen molar-refractivity contribution < 1.29 is 14.4 Å². The van der Waals surface area contributed by atoms with Crippen molar-refractivity contribution in [3.05, 3.63) is 34.4 Å². The maximum Gasteiger partial charge on any atom is 0.221 e. The summed E-state index contributed by atoms with van der Waals surface area (Å²) < 4.78 is 0. The zero-order valence-electron chi connectivity index (χ0n) is 15.4. The summed E-state index contributed by atoms with van der Waals surface area (Å²) in [5.41, 5.74) is 2.73. The third-order valence-corrected chi connectivity index (χ3v) is 4.65. The molecule has 132 valence electrons. The van der Waals surface area contributed by atoms with Gasteiger partial charge in [-0.2, -0.15) is 5.26 Å². The fourth-order valence-electron chi connectivity index (χ4n) is 3.63. The lowest BCUT2D eigenvalue weighted by Gasteiger charge is -2.19. The van der Waals surface area contributed by atoms with Gasteiger partial charge in [-0.1, -0.05) is 17.7 Å². The number of benzene rings is 1. The van der Waals surface area contributed by atoms with Crippen molar-refractivity contribution in [2.24, 2.45) is 5.92 Å². The quantitative estimate of drug-likeness (QED) is 0.854. The normalized spacial score (nSPS) is 20.5.